The van der Waals surface area contributed by atoms with E-state index < -0.39 is 0 Å². The monoisotopic (exact) mass is 239 g/mol. The molecule has 2 nitrogen and oxygen atoms in total. The van der Waals surface area contributed by atoms with Crippen molar-refractivity contribution >= 4 is 0 Å². The lowest BCUT2D eigenvalue weighted by molar-refractivity contribution is 0.00184. The van der Waals surface area contributed by atoms with Gasteiger partial charge in [0.25, 0.3) is 0 Å². The number of aliphatic hydroxyl groups is 1. The van der Waals surface area contributed by atoms with Crippen LogP contribution in [-0.2, 0) is 0 Å². The molecule has 2 rings (SSSR count). The zero-order valence-corrected chi connectivity index (χ0v) is 11.9. The van der Waals surface area contributed by atoms with E-state index in [1.165, 1.54) is 25.7 Å². The summed E-state index contributed by atoms with van der Waals surface area (Å²) in [6.07, 6.45) is 6.08. The highest BCUT2D eigenvalue weighted by molar-refractivity contribution is 4.89. The van der Waals surface area contributed by atoms with Gasteiger partial charge in [-0.3, -0.25) is 0 Å². The maximum atomic E-state index is 10.2. The molecule has 2 aliphatic rings. The minimum Gasteiger partial charge on any atom is -0.393 e. The summed E-state index contributed by atoms with van der Waals surface area (Å²) in [6.45, 7) is 8.10. The van der Waals surface area contributed by atoms with Gasteiger partial charge < -0.3 is 10.0 Å². The molecule has 2 heteroatoms. The maximum Gasteiger partial charge on any atom is 0.0581 e. The third-order valence-electron chi connectivity index (χ3n) is 5.00. The van der Waals surface area contributed by atoms with Gasteiger partial charge in [0.15, 0.2) is 0 Å². The van der Waals surface area contributed by atoms with Crippen molar-refractivity contribution in [3.8, 4) is 0 Å². The fourth-order valence-electron chi connectivity index (χ4n) is 3.38. The molecular weight excluding hydrogens is 210 g/mol. The molecule has 2 fully saturated rings. The van der Waals surface area contributed by atoms with E-state index in [-0.39, 0.29) is 6.10 Å². The molecule has 0 aromatic carbocycles. The van der Waals surface area contributed by atoms with Gasteiger partial charge in [-0.05, 0) is 63.3 Å². The molecule has 0 aromatic heterocycles. The summed E-state index contributed by atoms with van der Waals surface area (Å²) in [5, 5.41) is 10.2. The Labute approximate surface area is 106 Å². The molecule has 0 saturated heterocycles. The molecule has 3 unspecified atom stereocenters. The molecule has 17 heavy (non-hydrogen) atoms. The van der Waals surface area contributed by atoms with E-state index in [1.54, 1.807) is 0 Å². The lowest BCUT2D eigenvalue weighted by Crippen LogP contribution is -2.43. The summed E-state index contributed by atoms with van der Waals surface area (Å²) in [4.78, 5) is 2.48. The van der Waals surface area contributed by atoms with Crippen molar-refractivity contribution in [2.45, 2.75) is 65.0 Å². The molecule has 2 saturated carbocycles. The van der Waals surface area contributed by atoms with Crippen LogP contribution in [0.3, 0.4) is 0 Å². The van der Waals surface area contributed by atoms with Gasteiger partial charge in [0, 0.05) is 12.6 Å². The Hall–Kier alpha value is -0.0800. The van der Waals surface area contributed by atoms with Crippen LogP contribution >= 0.6 is 0 Å². The molecule has 0 aliphatic heterocycles. The molecule has 1 N–H and O–H groups in total. The van der Waals surface area contributed by atoms with Crippen molar-refractivity contribution in [3.05, 3.63) is 0 Å². The zero-order valence-electron chi connectivity index (χ0n) is 11.9. The Balaban J connectivity index is 1.87. The van der Waals surface area contributed by atoms with E-state index in [2.05, 4.69) is 32.7 Å². The van der Waals surface area contributed by atoms with Crippen molar-refractivity contribution < 1.29 is 5.11 Å². The maximum absolute atomic E-state index is 10.2. The second-order valence-corrected chi connectivity index (χ2v) is 7.25. The molecule has 100 valence electrons. The second-order valence-electron chi connectivity index (χ2n) is 7.25. The molecule has 0 amide bonds. The summed E-state index contributed by atoms with van der Waals surface area (Å²) in [6, 6.07) is 0.701. The van der Waals surface area contributed by atoms with Gasteiger partial charge >= 0.3 is 0 Å². The van der Waals surface area contributed by atoms with Gasteiger partial charge in [0.05, 0.1) is 6.10 Å². The van der Waals surface area contributed by atoms with Crippen molar-refractivity contribution in [1.29, 1.82) is 0 Å². The number of aliphatic hydroxyl groups excluding tert-OH is 1. The first-order chi connectivity index (χ1) is 7.89. The summed E-state index contributed by atoms with van der Waals surface area (Å²) in [7, 11) is 2.23. The predicted molar refractivity (Wildman–Crippen MR) is 71.9 cm³/mol. The van der Waals surface area contributed by atoms with Crippen LogP contribution in [0.25, 0.3) is 0 Å². The van der Waals surface area contributed by atoms with Crippen LogP contribution < -0.4 is 0 Å². The third kappa shape index (κ3) is 3.45. The third-order valence-corrected chi connectivity index (χ3v) is 5.00. The van der Waals surface area contributed by atoms with Gasteiger partial charge in [0.1, 0.15) is 0 Å². The van der Waals surface area contributed by atoms with Gasteiger partial charge in [0.2, 0.25) is 0 Å². The lowest BCUT2D eigenvalue weighted by atomic mass is 9.70. The Morgan fingerprint density at radius 2 is 1.94 bits per heavy atom. The standard InChI is InChI=1S/C15H29NO/c1-11(12-5-6-12)16(4)10-13-9-15(2,3)8-7-14(13)17/h11-14,17H,5-10H2,1-4H3. The SMILES string of the molecule is CC(C1CC1)N(C)CC1CC(C)(C)CCC1O. The Bertz CT molecular complexity index is 260. The van der Waals surface area contributed by atoms with Crippen LogP contribution in [0.5, 0.6) is 0 Å². The first kappa shape index (κ1) is 13.4. The molecular formula is C15H29NO. The largest absolute Gasteiger partial charge is 0.393 e. The highest BCUT2D eigenvalue weighted by atomic mass is 16.3. The molecule has 0 bridgehead atoms. The average molecular weight is 239 g/mol. The number of hydrogen-bond acceptors (Lipinski definition) is 2. The highest BCUT2D eigenvalue weighted by Crippen LogP contribution is 2.40. The van der Waals surface area contributed by atoms with Crippen LogP contribution in [0.4, 0.5) is 0 Å². The fraction of sp³-hybridized carbons (Fsp3) is 1.00. The minimum absolute atomic E-state index is 0.0723. The molecule has 2 aliphatic carbocycles. The van der Waals surface area contributed by atoms with Gasteiger partial charge in [-0.2, -0.15) is 0 Å². The first-order valence-corrected chi connectivity index (χ1v) is 7.27. The fourth-order valence-corrected chi connectivity index (χ4v) is 3.38. The molecule has 0 heterocycles. The normalized spacial score (nSPS) is 34.9. The van der Waals surface area contributed by atoms with Crippen LogP contribution in [0.15, 0.2) is 0 Å². The van der Waals surface area contributed by atoms with E-state index in [4.69, 9.17) is 0 Å². The van der Waals surface area contributed by atoms with Crippen molar-refractivity contribution in [1.82, 2.24) is 4.90 Å². The van der Waals surface area contributed by atoms with E-state index in [1.807, 2.05) is 0 Å². The topological polar surface area (TPSA) is 23.5 Å². The van der Waals surface area contributed by atoms with Gasteiger partial charge in [-0.25, -0.2) is 0 Å². The Morgan fingerprint density at radius 1 is 1.29 bits per heavy atom. The van der Waals surface area contributed by atoms with Gasteiger partial charge in [-0.15, -0.1) is 0 Å². The van der Waals surface area contributed by atoms with E-state index in [0.717, 1.165) is 18.9 Å². The smallest absolute Gasteiger partial charge is 0.0581 e. The number of rotatable bonds is 4. The lowest BCUT2D eigenvalue weighted by Gasteiger charge is -2.41. The second kappa shape index (κ2) is 4.89. The van der Waals surface area contributed by atoms with Crippen molar-refractivity contribution in [2.24, 2.45) is 17.3 Å². The summed E-state index contributed by atoms with van der Waals surface area (Å²) >= 11 is 0. The van der Waals surface area contributed by atoms with Crippen molar-refractivity contribution in [2.75, 3.05) is 13.6 Å². The van der Waals surface area contributed by atoms with Gasteiger partial charge in [-0.1, -0.05) is 13.8 Å². The first-order valence-electron chi connectivity index (χ1n) is 7.27. The number of hydrogen-bond donors (Lipinski definition) is 1. The van der Waals surface area contributed by atoms with E-state index in [9.17, 15) is 5.11 Å². The summed E-state index contributed by atoms with van der Waals surface area (Å²) in [5.41, 5.74) is 0.424. The molecule has 0 aromatic rings. The van der Waals surface area contributed by atoms with Crippen LogP contribution in [0.2, 0.25) is 0 Å². The van der Waals surface area contributed by atoms with Crippen LogP contribution in [0.1, 0.15) is 52.9 Å². The van der Waals surface area contributed by atoms with E-state index in [0.29, 0.717) is 17.4 Å². The summed E-state index contributed by atoms with van der Waals surface area (Å²) < 4.78 is 0. The molecule has 3 atom stereocenters. The van der Waals surface area contributed by atoms with Crippen LogP contribution in [-0.4, -0.2) is 35.7 Å². The number of nitrogens with zero attached hydrogens (tertiary/aromatic N) is 1. The average Bonchev–Trinajstić information content (AvgIpc) is 3.05. The highest BCUT2D eigenvalue weighted by Gasteiger charge is 2.36. The predicted octanol–water partition coefficient (Wildman–Crippen LogP) is 2.90. The minimum atomic E-state index is -0.0723. The Morgan fingerprint density at radius 3 is 2.53 bits per heavy atom. The molecule has 0 radical (unpaired) electrons. The van der Waals surface area contributed by atoms with E-state index >= 15 is 0 Å². The zero-order chi connectivity index (χ0) is 12.6. The quantitative estimate of drug-likeness (QED) is 0.815. The molecule has 0 spiro atoms. The van der Waals surface area contributed by atoms with Crippen molar-refractivity contribution in [3.63, 3.8) is 0 Å². The Kier molecular flexibility index (Phi) is 3.84. The summed E-state index contributed by atoms with van der Waals surface area (Å²) in [5.74, 6) is 1.40. The van der Waals surface area contributed by atoms with Crippen LogP contribution in [0, 0.1) is 17.3 Å².